The Balaban J connectivity index is 1.51. The van der Waals surface area contributed by atoms with Gasteiger partial charge in [0.25, 0.3) is 0 Å². The Labute approximate surface area is 147 Å². The van der Waals surface area contributed by atoms with E-state index in [-0.39, 0.29) is 5.92 Å². The molecule has 0 saturated carbocycles. The smallest absolute Gasteiger partial charge is 0.240 e. The van der Waals surface area contributed by atoms with E-state index in [1.54, 1.807) is 6.33 Å². The number of anilines is 1. The molecule has 8 nitrogen and oxygen atoms in total. The first-order chi connectivity index (χ1) is 12.2. The molecule has 1 fully saturated rings. The van der Waals surface area contributed by atoms with Gasteiger partial charge in [-0.3, -0.25) is 4.90 Å². The van der Waals surface area contributed by atoms with Gasteiger partial charge in [-0.25, -0.2) is 9.97 Å². The van der Waals surface area contributed by atoms with E-state index in [0.29, 0.717) is 12.4 Å². The van der Waals surface area contributed by atoms with Crippen molar-refractivity contribution in [3.05, 3.63) is 29.3 Å². The lowest BCUT2D eigenvalue weighted by atomic mass is 10.1. The van der Waals surface area contributed by atoms with E-state index in [9.17, 15) is 0 Å². The molecule has 4 rings (SSSR count). The number of rotatable bonds is 4. The summed E-state index contributed by atoms with van der Waals surface area (Å²) < 4.78 is 10.9. The van der Waals surface area contributed by atoms with Gasteiger partial charge in [0, 0.05) is 44.1 Å². The van der Waals surface area contributed by atoms with Gasteiger partial charge in [0.15, 0.2) is 5.82 Å². The lowest BCUT2D eigenvalue weighted by Crippen LogP contribution is -2.39. The molecule has 2 aliphatic heterocycles. The predicted octanol–water partition coefficient (Wildman–Crippen LogP) is 1.38. The summed E-state index contributed by atoms with van der Waals surface area (Å²) in [7, 11) is 0. The van der Waals surface area contributed by atoms with Crippen molar-refractivity contribution in [2.45, 2.75) is 39.3 Å². The van der Waals surface area contributed by atoms with Gasteiger partial charge < -0.3 is 14.2 Å². The number of hydrogen-bond acceptors (Lipinski definition) is 8. The summed E-state index contributed by atoms with van der Waals surface area (Å²) in [4.78, 5) is 18.2. The maximum Gasteiger partial charge on any atom is 0.240 e. The molecule has 2 aromatic heterocycles. The molecule has 2 aromatic rings. The van der Waals surface area contributed by atoms with Crippen molar-refractivity contribution in [2.75, 3.05) is 37.7 Å². The highest BCUT2D eigenvalue weighted by atomic mass is 16.5. The second-order valence-electron chi connectivity index (χ2n) is 6.88. The maximum atomic E-state index is 5.46. The predicted molar refractivity (Wildman–Crippen MR) is 91.3 cm³/mol. The molecule has 4 heterocycles. The summed E-state index contributed by atoms with van der Waals surface area (Å²) in [6.07, 6.45) is 2.60. The van der Waals surface area contributed by atoms with E-state index in [4.69, 9.17) is 9.26 Å². The molecule has 0 radical (unpaired) electrons. The molecule has 0 aromatic carbocycles. The van der Waals surface area contributed by atoms with Crippen molar-refractivity contribution in [1.82, 2.24) is 25.0 Å². The van der Waals surface area contributed by atoms with Crippen LogP contribution in [0.15, 0.2) is 10.9 Å². The van der Waals surface area contributed by atoms with Gasteiger partial charge in [-0.05, 0) is 0 Å². The van der Waals surface area contributed by atoms with E-state index in [1.165, 1.54) is 5.56 Å². The van der Waals surface area contributed by atoms with E-state index in [2.05, 4.69) is 43.8 Å². The van der Waals surface area contributed by atoms with Gasteiger partial charge >= 0.3 is 0 Å². The van der Waals surface area contributed by atoms with Crippen LogP contribution in [0.1, 0.15) is 42.7 Å². The first kappa shape index (κ1) is 16.4. The van der Waals surface area contributed by atoms with Crippen molar-refractivity contribution in [2.24, 2.45) is 0 Å². The van der Waals surface area contributed by atoms with Gasteiger partial charge in [-0.15, -0.1) is 0 Å². The van der Waals surface area contributed by atoms with E-state index < -0.39 is 0 Å². The maximum absolute atomic E-state index is 5.46. The zero-order valence-corrected chi connectivity index (χ0v) is 14.8. The van der Waals surface area contributed by atoms with Crippen LogP contribution >= 0.6 is 0 Å². The molecule has 0 aliphatic carbocycles. The largest absolute Gasteiger partial charge is 0.378 e. The van der Waals surface area contributed by atoms with E-state index in [1.807, 2.05) is 0 Å². The zero-order chi connectivity index (χ0) is 17.2. The summed E-state index contributed by atoms with van der Waals surface area (Å²) in [5, 5.41) is 4.06. The average Bonchev–Trinajstić information content (AvgIpc) is 3.11. The quantitative estimate of drug-likeness (QED) is 0.823. The van der Waals surface area contributed by atoms with Crippen molar-refractivity contribution >= 4 is 5.82 Å². The summed E-state index contributed by atoms with van der Waals surface area (Å²) >= 11 is 0. The molecule has 25 heavy (non-hydrogen) atoms. The van der Waals surface area contributed by atoms with Crippen LogP contribution in [0.2, 0.25) is 0 Å². The molecular weight excluding hydrogens is 320 g/mol. The fourth-order valence-corrected chi connectivity index (χ4v) is 3.32. The van der Waals surface area contributed by atoms with Crippen LogP contribution in [0.5, 0.6) is 0 Å². The minimum atomic E-state index is 0.279. The van der Waals surface area contributed by atoms with Crippen LogP contribution < -0.4 is 4.90 Å². The van der Waals surface area contributed by atoms with E-state index >= 15 is 0 Å². The standard InChI is InChI=1S/C17H24N6O2/c1-12(2)16-20-15(25-21-16)10-22-4-3-14-13(9-22)17(19-11-18-14)23-5-7-24-8-6-23/h11-12H,3-10H2,1-2H3. The highest BCUT2D eigenvalue weighted by Gasteiger charge is 2.25. The third kappa shape index (κ3) is 3.50. The zero-order valence-electron chi connectivity index (χ0n) is 14.8. The van der Waals surface area contributed by atoms with Crippen LogP contribution in [0.4, 0.5) is 5.82 Å². The second-order valence-corrected chi connectivity index (χ2v) is 6.88. The number of morpholine rings is 1. The highest BCUT2D eigenvalue weighted by Crippen LogP contribution is 2.27. The molecule has 1 saturated heterocycles. The lowest BCUT2D eigenvalue weighted by molar-refractivity contribution is 0.122. The Morgan fingerprint density at radius 2 is 2.00 bits per heavy atom. The van der Waals surface area contributed by atoms with Crippen molar-refractivity contribution in [3.63, 3.8) is 0 Å². The summed E-state index contributed by atoms with van der Waals surface area (Å²) in [6.45, 7) is 9.81. The Bertz CT molecular complexity index is 726. The van der Waals surface area contributed by atoms with Crippen molar-refractivity contribution in [3.8, 4) is 0 Å². The molecule has 0 spiro atoms. The van der Waals surface area contributed by atoms with Gasteiger partial charge in [-0.2, -0.15) is 4.98 Å². The third-order valence-electron chi connectivity index (χ3n) is 4.73. The monoisotopic (exact) mass is 344 g/mol. The molecule has 0 amide bonds. The van der Waals surface area contributed by atoms with Crippen LogP contribution in [0.3, 0.4) is 0 Å². The Morgan fingerprint density at radius 1 is 1.16 bits per heavy atom. The van der Waals surface area contributed by atoms with E-state index in [0.717, 1.165) is 63.1 Å². The minimum absolute atomic E-state index is 0.279. The van der Waals surface area contributed by atoms with Gasteiger partial charge in [-0.1, -0.05) is 19.0 Å². The Morgan fingerprint density at radius 3 is 2.76 bits per heavy atom. The molecule has 8 heteroatoms. The Kier molecular flexibility index (Phi) is 4.63. The van der Waals surface area contributed by atoms with Crippen LogP contribution in [0, 0.1) is 0 Å². The molecule has 0 N–H and O–H groups in total. The van der Waals surface area contributed by atoms with Crippen LogP contribution in [-0.2, 0) is 24.2 Å². The number of fused-ring (bicyclic) bond motifs is 1. The van der Waals surface area contributed by atoms with Crippen LogP contribution in [0.25, 0.3) is 0 Å². The van der Waals surface area contributed by atoms with Gasteiger partial charge in [0.1, 0.15) is 12.1 Å². The summed E-state index contributed by atoms with van der Waals surface area (Å²) in [6, 6.07) is 0. The molecule has 0 bridgehead atoms. The van der Waals surface area contributed by atoms with Gasteiger partial charge in [0.05, 0.1) is 25.5 Å². The second kappa shape index (κ2) is 7.05. The highest BCUT2D eigenvalue weighted by molar-refractivity contribution is 5.49. The average molecular weight is 344 g/mol. The minimum Gasteiger partial charge on any atom is -0.378 e. The number of ether oxygens (including phenoxy) is 1. The molecule has 134 valence electrons. The first-order valence-corrected chi connectivity index (χ1v) is 8.91. The third-order valence-corrected chi connectivity index (χ3v) is 4.73. The van der Waals surface area contributed by atoms with Crippen molar-refractivity contribution in [1.29, 1.82) is 0 Å². The molecular formula is C17H24N6O2. The number of hydrogen-bond donors (Lipinski definition) is 0. The summed E-state index contributed by atoms with van der Waals surface area (Å²) in [5.74, 6) is 2.77. The van der Waals surface area contributed by atoms with Crippen LogP contribution in [-0.4, -0.2) is 57.9 Å². The molecule has 0 unspecified atom stereocenters. The molecule has 2 aliphatic rings. The van der Waals surface area contributed by atoms with Crippen molar-refractivity contribution < 1.29 is 9.26 Å². The first-order valence-electron chi connectivity index (χ1n) is 8.91. The lowest BCUT2D eigenvalue weighted by Gasteiger charge is -2.33. The molecule has 0 atom stereocenters. The number of nitrogens with zero attached hydrogens (tertiary/aromatic N) is 6. The van der Waals surface area contributed by atoms with Gasteiger partial charge in [0.2, 0.25) is 5.89 Å². The fraction of sp³-hybridized carbons (Fsp3) is 0.647. The summed E-state index contributed by atoms with van der Waals surface area (Å²) in [5.41, 5.74) is 2.38. The fourth-order valence-electron chi connectivity index (χ4n) is 3.32. The Hall–Kier alpha value is -2.06. The number of aromatic nitrogens is 4. The normalized spacial score (nSPS) is 18.6. The SMILES string of the molecule is CC(C)c1noc(CN2CCc3ncnc(N4CCOCC4)c3C2)n1. The topological polar surface area (TPSA) is 80.4 Å².